The third kappa shape index (κ3) is 5.80. The van der Waals surface area contributed by atoms with Crippen LogP contribution >= 0.6 is 23.2 Å². The lowest BCUT2D eigenvalue weighted by Crippen LogP contribution is -2.39. The van der Waals surface area contributed by atoms with Gasteiger partial charge < -0.3 is 9.47 Å². The predicted molar refractivity (Wildman–Crippen MR) is 133 cm³/mol. The molecule has 0 fully saturated rings. The lowest BCUT2D eigenvalue weighted by Gasteiger charge is -2.24. The summed E-state index contributed by atoms with van der Waals surface area (Å²) in [6, 6.07) is 17.3. The summed E-state index contributed by atoms with van der Waals surface area (Å²) in [5.74, 6) is 0.385. The zero-order valence-corrected chi connectivity index (χ0v) is 20.6. The van der Waals surface area contributed by atoms with Gasteiger partial charge in [-0.15, -0.1) is 0 Å². The van der Waals surface area contributed by atoms with Crippen molar-refractivity contribution in [1.82, 2.24) is 5.43 Å². The molecule has 0 aliphatic carbocycles. The van der Waals surface area contributed by atoms with E-state index in [2.05, 4.69) is 10.5 Å². The van der Waals surface area contributed by atoms with E-state index in [1.165, 1.54) is 44.7 Å². The highest BCUT2D eigenvalue weighted by atomic mass is 35.5. The smallest absolute Gasteiger partial charge is 0.264 e. The van der Waals surface area contributed by atoms with Gasteiger partial charge in [0.2, 0.25) is 0 Å². The number of methoxy groups -OCH3 is 2. The molecule has 0 radical (unpaired) electrons. The Hall–Kier alpha value is -3.27. The first-order valence-electron chi connectivity index (χ1n) is 9.83. The van der Waals surface area contributed by atoms with Crippen molar-refractivity contribution in [2.24, 2.45) is 5.10 Å². The molecule has 3 aromatic rings. The molecule has 0 saturated carbocycles. The number of hydrazone groups is 1. The Morgan fingerprint density at radius 3 is 2.44 bits per heavy atom. The monoisotopic (exact) mass is 521 g/mol. The standard InChI is InChI=1S/C23H21Cl2N3O5S/c1-32-17-11-12-21(33-2)16(13-17)14-26-27-22(29)15-28(20-10-6-9-19(24)23(20)25)34(30,31)18-7-4-3-5-8-18/h3-14H,15H2,1-2H3,(H,27,29)/b26-14+. The quantitative estimate of drug-likeness (QED) is 0.333. The number of sulfonamides is 1. The molecule has 0 unspecified atom stereocenters. The molecule has 0 bridgehead atoms. The Labute approximate surface area is 207 Å². The minimum Gasteiger partial charge on any atom is -0.497 e. The van der Waals surface area contributed by atoms with Crippen molar-refractivity contribution >= 4 is 51.0 Å². The second kappa shape index (κ2) is 11.2. The maximum Gasteiger partial charge on any atom is 0.264 e. The largest absolute Gasteiger partial charge is 0.497 e. The SMILES string of the molecule is COc1ccc(OC)c(/C=N/NC(=O)CN(c2cccc(Cl)c2Cl)S(=O)(=O)c2ccccc2)c1. The number of carbonyl (C=O) groups is 1. The summed E-state index contributed by atoms with van der Waals surface area (Å²) in [6.45, 7) is -0.593. The van der Waals surface area contributed by atoms with Crippen molar-refractivity contribution in [1.29, 1.82) is 0 Å². The number of hydrogen-bond acceptors (Lipinski definition) is 6. The number of halogens is 2. The van der Waals surface area contributed by atoms with E-state index in [0.717, 1.165) is 4.31 Å². The van der Waals surface area contributed by atoms with Gasteiger partial charge in [-0.05, 0) is 42.5 Å². The average molecular weight is 522 g/mol. The molecule has 34 heavy (non-hydrogen) atoms. The molecule has 8 nitrogen and oxygen atoms in total. The topological polar surface area (TPSA) is 97.3 Å². The Balaban J connectivity index is 1.88. The maximum absolute atomic E-state index is 13.4. The zero-order valence-electron chi connectivity index (χ0n) is 18.2. The number of rotatable bonds is 9. The van der Waals surface area contributed by atoms with E-state index in [9.17, 15) is 13.2 Å². The van der Waals surface area contributed by atoms with Crippen LogP contribution in [0.15, 0.2) is 76.7 Å². The lowest BCUT2D eigenvalue weighted by atomic mass is 10.2. The van der Waals surface area contributed by atoms with Gasteiger partial charge in [0.1, 0.15) is 18.0 Å². The van der Waals surface area contributed by atoms with Gasteiger partial charge in [0, 0.05) is 5.56 Å². The van der Waals surface area contributed by atoms with Crippen LogP contribution in [-0.4, -0.2) is 41.3 Å². The summed E-state index contributed by atoms with van der Waals surface area (Å²) in [5, 5.41) is 4.08. The van der Waals surface area contributed by atoms with Gasteiger partial charge >= 0.3 is 0 Å². The van der Waals surface area contributed by atoms with Crippen LogP contribution in [0.2, 0.25) is 10.0 Å². The normalized spacial score (nSPS) is 11.3. The number of nitrogens with one attached hydrogen (secondary N) is 1. The van der Waals surface area contributed by atoms with Crippen LogP contribution in [-0.2, 0) is 14.8 Å². The lowest BCUT2D eigenvalue weighted by molar-refractivity contribution is -0.119. The number of anilines is 1. The van der Waals surface area contributed by atoms with Gasteiger partial charge in [-0.2, -0.15) is 5.10 Å². The molecular formula is C23H21Cl2N3O5S. The molecule has 0 heterocycles. The maximum atomic E-state index is 13.4. The van der Waals surface area contributed by atoms with Crippen LogP contribution in [0.3, 0.4) is 0 Å². The fourth-order valence-corrected chi connectivity index (χ4v) is 4.89. The Morgan fingerprint density at radius 2 is 1.76 bits per heavy atom. The number of hydrogen-bond donors (Lipinski definition) is 1. The highest BCUT2D eigenvalue weighted by molar-refractivity contribution is 7.92. The molecule has 178 valence electrons. The Bertz CT molecular complexity index is 1300. The third-order valence-electron chi connectivity index (χ3n) is 4.65. The van der Waals surface area contributed by atoms with E-state index in [1.807, 2.05) is 0 Å². The number of amides is 1. The molecule has 0 aromatic heterocycles. The van der Waals surface area contributed by atoms with Crippen LogP contribution in [0, 0.1) is 0 Å². The molecule has 3 rings (SSSR count). The highest BCUT2D eigenvalue weighted by Crippen LogP contribution is 2.35. The average Bonchev–Trinajstić information content (AvgIpc) is 2.85. The molecule has 1 N–H and O–H groups in total. The Kier molecular flexibility index (Phi) is 8.38. The molecule has 0 saturated heterocycles. The molecule has 0 aliphatic heterocycles. The molecule has 0 atom stereocenters. The molecule has 0 spiro atoms. The van der Waals surface area contributed by atoms with Crippen LogP contribution in [0.25, 0.3) is 0 Å². The summed E-state index contributed by atoms with van der Waals surface area (Å²) in [7, 11) is -1.12. The highest BCUT2D eigenvalue weighted by Gasteiger charge is 2.29. The first-order chi connectivity index (χ1) is 16.3. The van der Waals surface area contributed by atoms with Crippen molar-refractivity contribution in [2.45, 2.75) is 4.90 Å². The first kappa shape index (κ1) is 25.4. The van der Waals surface area contributed by atoms with Gasteiger partial charge in [0.15, 0.2) is 0 Å². The summed E-state index contributed by atoms with van der Waals surface area (Å²) in [5.41, 5.74) is 2.94. The van der Waals surface area contributed by atoms with E-state index in [4.69, 9.17) is 32.7 Å². The van der Waals surface area contributed by atoms with Crippen LogP contribution in [0.5, 0.6) is 11.5 Å². The van der Waals surface area contributed by atoms with E-state index in [1.54, 1.807) is 42.5 Å². The van der Waals surface area contributed by atoms with Gasteiger partial charge in [0.05, 0.1) is 41.1 Å². The Morgan fingerprint density at radius 1 is 1.03 bits per heavy atom. The van der Waals surface area contributed by atoms with Gasteiger partial charge in [-0.3, -0.25) is 9.10 Å². The summed E-state index contributed by atoms with van der Waals surface area (Å²) < 4.78 is 38.0. The number of ether oxygens (including phenoxy) is 2. The van der Waals surface area contributed by atoms with Crippen molar-refractivity contribution in [3.8, 4) is 11.5 Å². The molecule has 11 heteroatoms. The second-order valence-electron chi connectivity index (χ2n) is 6.80. The van der Waals surface area contributed by atoms with Crippen LogP contribution < -0.4 is 19.2 Å². The number of nitrogens with zero attached hydrogens (tertiary/aromatic N) is 2. The molecule has 0 aliphatic rings. The summed E-state index contributed by atoms with van der Waals surface area (Å²) in [6.07, 6.45) is 1.36. The molecular weight excluding hydrogens is 501 g/mol. The summed E-state index contributed by atoms with van der Waals surface area (Å²) >= 11 is 12.4. The minimum atomic E-state index is -4.14. The van der Waals surface area contributed by atoms with E-state index in [0.29, 0.717) is 17.1 Å². The van der Waals surface area contributed by atoms with Crippen molar-refractivity contribution in [2.75, 3.05) is 25.1 Å². The number of benzene rings is 3. The third-order valence-corrected chi connectivity index (χ3v) is 7.23. The van der Waals surface area contributed by atoms with E-state index >= 15 is 0 Å². The van der Waals surface area contributed by atoms with Gasteiger partial charge in [-0.25, -0.2) is 13.8 Å². The predicted octanol–water partition coefficient (Wildman–Crippen LogP) is 4.36. The number of carbonyl (C=O) groups excluding carboxylic acids is 1. The zero-order chi connectivity index (χ0) is 24.7. The van der Waals surface area contributed by atoms with Crippen molar-refractivity contribution < 1.29 is 22.7 Å². The van der Waals surface area contributed by atoms with E-state index < -0.39 is 22.5 Å². The first-order valence-corrected chi connectivity index (χ1v) is 12.0. The van der Waals surface area contributed by atoms with Crippen molar-refractivity contribution in [3.63, 3.8) is 0 Å². The van der Waals surface area contributed by atoms with Crippen LogP contribution in [0.1, 0.15) is 5.56 Å². The van der Waals surface area contributed by atoms with Crippen molar-refractivity contribution in [3.05, 3.63) is 82.3 Å². The second-order valence-corrected chi connectivity index (χ2v) is 9.45. The van der Waals surface area contributed by atoms with Crippen LogP contribution in [0.4, 0.5) is 5.69 Å². The molecule has 1 amide bonds. The fourth-order valence-electron chi connectivity index (χ4n) is 2.98. The minimum absolute atomic E-state index is 0.00101. The van der Waals surface area contributed by atoms with Gasteiger partial charge in [-0.1, -0.05) is 47.5 Å². The van der Waals surface area contributed by atoms with Gasteiger partial charge in [0.25, 0.3) is 15.9 Å². The molecule has 3 aromatic carbocycles. The van der Waals surface area contributed by atoms with E-state index in [-0.39, 0.29) is 20.6 Å². The fraction of sp³-hybridized carbons (Fsp3) is 0.130. The summed E-state index contributed by atoms with van der Waals surface area (Å²) in [4.78, 5) is 12.7.